The Hall–Kier alpha value is -2.40. The minimum Gasteiger partial charge on any atom is -0.493 e. The molecule has 24 heavy (non-hydrogen) atoms. The first-order chi connectivity index (χ1) is 11.5. The van der Waals surface area contributed by atoms with Crippen molar-refractivity contribution in [3.05, 3.63) is 58.3 Å². The van der Waals surface area contributed by atoms with Gasteiger partial charge in [0.1, 0.15) is 0 Å². The molecular weight excluding hydrogens is 304 g/mol. The summed E-state index contributed by atoms with van der Waals surface area (Å²) in [5.41, 5.74) is 4.01. The van der Waals surface area contributed by atoms with Crippen LogP contribution in [0.3, 0.4) is 0 Å². The molecule has 5 heteroatoms. The van der Waals surface area contributed by atoms with Crippen LogP contribution in [0.4, 0.5) is 0 Å². The van der Waals surface area contributed by atoms with Crippen LogP contribution in [0, 0.1) is 13.8 Å². The number of nitrogens with one attached hydrogen (secondary N) is 1. The van der Waals surface area contributed by atoms with Crippen LogP contribution in [0.15, 0.2) is 30.3 Å². The zero-order chi connectivity index (χ0) is 17.1. The van der Waals surface area contributed by atoms with Gasteiger partial charge in [-0.2, -0.15) is 0 Å². The van der Waals surface area contributed by atoms with Gasteiger partial charge in [0.25, 0.3) is 5.91 Å². The molecule has 2 aromatic rings. The molecule has 1 amide bonds. The molecule has 1 aliphatic rings. The number of benzene rings is 1. The molecule has 2 heterocycles. The normalized spacial score (nSPS) is 17.0. The van der Waals surface area contributed by atoms with Crippen LogP contribution < -0.4 is 5.32 Å². The van der Waals surface area contributed by atoms with Gasteiger partial charge in [-0.3, -0.25) is 4.79 Å². The molecule has 2 N–H and O–H groups in total. The maximum Gasteiger partial charge on any atom is 0.251 e. The van der Waals surface area contributed by atoms with Crippen molar-refractivity contribution in [1.29, 1.82) is 0 Å². The predicted molar refractivity (Wildman–Crippen MR) is 90.9 cm³/mol. The molecule has 126 valence electrons. The number of ether oxygens (including phenoxy) is 1. The van der Waals surface area contributed by atoms with E-state index in [0.717, 1.165) is 36.3 Å². The summed E-state index contributed by atoms with van der Waals surface area (Å²) in [7, 11) is 0. The molecule has 1 saturated heterocycles. The Kier molecular flexibility index (Phi) is 4.81. The van der Waals surface area contributed by atoms with Crippen molar-refractivity contribution >= 4 is 5.91 Å². The molecule has 1 aliphatic heterocycles. The van der Waals surface area contributed by atoms with Crippen LogP contribution in [0.2, 0.25) is 0 Å². The first kappa shape index (κ1) is 16.5. The Morgan fingerprint density at radius 3 is 2.71 bits per heavy atom. The van der Waals surface area contributed by atoms with E-state index < -0.39 is 0 Å². The van der Waals surface area contributed by atoms with E-state index >= 15 is 0 Å². The van der Waals surface area contributed by atoms with Gasteiger partial charge in [-0.05, 0) is 56.0 Å². The smallest absolute Gasteiger partial charge is 0.251 e. The van der Waals surface area contributed by atoms with E-state index in [2.05, 4.69) is 10.3 Å². The Morgan fingerprint density at radius 1 is 1.33 bits per heavy atom. The zero-order valence-electron chi connectivity index (χ0n) is 14.0. The number of aromatic hydroxyl groups is 1. The summed E-state index contributed by atoms with van der Waals surface area (Å²) in [4.78, 5) is 16.3. The Bertz CT molecular complexity index is 712. The Morgan fingerprint density at radius 2 is 2.08 bits per heavy atom. The molecule has 1 unspecified atom stereocenters. The van der Waals surface area contributed by atoms with E-state index in [1.807, 2.05) is 44.2 Å². The van der Waals surface area contributed by atoms with E-state index in [0.29, 0.717) is 11.1 Å². The number of hydrogen-bond acceptors (Lipinski definition) is 4. The number of amides is 1. The van der Waals surface area contributed by atoms with Gasteiger partial charge in [0.2, 0.25) is 5.88 Å². The highest BCUT2D eigenvalue weighted by molar-refractivity contribution is 5.94. The number of hydrogen-bond donors (Lipinski definition) is 2. The average Bonchev–Trinajstić information content (AvgIpc) is 3.08. The van der Waals surface area contributed by atoms with Gasteiger partial charge in [-0.25, -0.2) is 4.98 Å². The molecule has 0 spiro atoms. The third-order valence-corrected chi connectivity index (χ3v) is 4.35. The first-order valence-electron chi connectivity index (χ1n) is 8.20. The third kappa shape index (κ3) is 3.57. The van der Waals surface area contributed by atoms with E-state index in [4.69, 9.17) is 4.74 Å². The van der Waals surface area contributed by atoms with Crippen LogP contribution in [-0.4, -0.2) is 22.6 Å². The van der Waals surface area contributed by atoms with Crippen molar-refractivity contribution in [3.8, 4) is 5.88 Å². The zero-order valence-corrected chi connectivity index (χ0v) is 14.0. The lowest BCUT2D eigenvalue weighted by Gasteiger charge is -2.12. The monoisotopic (exact) mass is 326 g/mol. The van der Waals surface area contributed by atoms with Crippen molar-refractivity contribution in [2.45, 2.75) is 39.3 Å². The van der Waals surface area contributed by atoms with Crippen LogP contribution in [0.5, 0.6) is 5.88 Å². The number of nitrogens with zero attached hydrogens (tertiary/aromatic N) is 1. The van der Waals surface area contributed by atoms with Crippen LogP contribution >= 0.6 is 0 Å². The fourth-order valence-corrected chi connectivity index (χ4v) is 3.02. The highest BCUT2D eigenvalue weighted by Crippen LogP contribution is 2.28. The minimum atomic E-state index is -0.173. The lowest BCUT2D eigenvalue weighted by molar-refractivity contribution is 0.0949. The topological polar surface area (TPSA) is 71.5 Å². The number of carbonyl (C=O) groups excluding carboxylic acids is 1. The second-order valence-electron chi connectivity index (χ2n) is 6.19. The molecular formula is C19H22N2O3. The fraction of sp³-hybridized carbons (Fsp3) is 0.368. The molecule has 0 saturated carbocycles. The van der Waals surface area contributed by atoms with Crippen molar-refractivity contribution < 1.29 is 14.6 Å². The highest BCUT2D eigenvalue weighted by Gasteiger charge is 2.18. The van der Waals surface area contributed by atoms with Gasteiger partial charge in [-0.15, -0.1) is 0 Å². The number of carbonyl (C=O) groups is 1. The molecule has 1 aromatic heterocycles. The van der Waals surface area contributed by atoms with E-state index in [9.17, 15) is 9.90 Å². The van der Waals surface area contributed by atoms with E-state index in [1.165, 1.54) is 0 Å². The molecule has 1 aromatic carbocycles. The summed E-state index contributed by atoms with van der Waals surface area (Å²) in [6, 6.07) is 9.40. The third-order valence-electron chi connectivity index (χ3n) is 4.35. The summed E-state index contributed by atoms with van der Waals surface area (Å²) >= 11 is 0. The number of pyridine rings is 1. The van der Waals surface area contributed by atoms with Crippen LogP contribution in [-0.2, 0) is 11.3 Å². The Balaban J connectivity index is 1.65. The Labute approximate surface area is 141 Å². The largest absolute Gasteiger partial charge is 0.493 e. The van der Waals surface area contributed by atoms with E-state index in [-0.39, 0.29) is 24.4 Å². The molecule has 1 atom stereocenters. The maximum absolute atomic E-state index is 12.3. The second-order valence-corrected chi connectivity index (χ2v) is 6.19. The number of aryl methyl sites for hydroxylation is 2. The number of aromatic nitrogens is 1. The summed E-state index contributed by atoms with van der Waals surface area (Å²) in [6.45, 7) is 4.77. The summed E-state index contributed by atoms with van der Waals surface area (Å²) in [5.74, 6) is -0.199. The SMILES string of the molecule is Cc1cc(C)c(CNC(=O)c2ccc(C3CCCO3)cc2)c(O)n1. The molecule has 5 nitrogen and oxygen atoms in total. The summed E-state index contributed by atoms with van der Waals surface area (Å²) in [5, 5.41) is 12.8. The van der Waals surface area contributed by atoms with Gasteiger partial charge < -0.3 is 15.2 Å². The van der Waals surface area contributed by atoms with Crippen molar-refractivity contribution in [1.82, 2.24) is 10.3 Å². The standard InChI is InChI=1S/C19H22N2O3/c1-12-10-13(2)21-19(23)16(12)11-20-18(22)15-7-5-14(6-8-15)17-4-3-9-24-17/h5-8,10,17H,3-4,9,11H2,1-2H3,(H,20,22)(H,21,23). The lowest BCUT2D eigenvalue weighted by atomic mass is 10.0. The molecule has 0 bridgehead atoms. The van der Waals surface area contributed by atoms with Crippen molar-refractivity contribution in [2.24, 2.45) is 0 Å². The number of rotatable bonds is 4. The predicted octanol–water partition coefficient (Wildman–Crippen LogP) is 3.19. The van der Waals surface area contributed by atoms with Gasteiger partial charge in [0, 0.05) is 30.0 Å². The lowest BCUT2D eigenvalue weighted by Crippen LogP contribution is -2.23. The van der Waals surface area contributed by atoms with Crippen LogP contribution in [0.25, 0.3) is 0 Å². The molecule has 3 rings (SSSR count). The van der Waals surface area contributed by atoms with Gasteiger partial charge in [0.15, 0.2) is 0 Å². The van der Waals surface area contributed by atoms with E-state index in [1.54, 1.807) is 0 Å². The fourth-order valence-electron chi connectivity index (χ4n) is 3.02. The van der Waals surface area contributed by atoms with Crippen molar-refractivity contribution in [3.63, 3.8) is 0 Å². The molecule has 0 aliphatic carbocycles. The minimum absolute atomic E-state index is 0.0264. The van der Waals surface area contributed by atoms with Gasteiger partial charge in [-0.1, -0.05) is 12.1 Å². The highest BCUT2D eigenvalue weighted by atomic mass is 16.5. The first-order valence-corrected chi connectivity index (χ1v) is 8.20. The quantitative estimate of drug-likeness (QED) is 0.905. The second kappa shape index (κ2) is 7.01. The molecule has 1 fully saturated rings. The van der Waals surface area contributed by atoms with Gasteiger partial charge >= 0.3 is 0 Å². The maximum atomic E-state index is 12.3. The summed E-state index contributed by atoms with van der Waals surface area (Å²) < 4.78 is 5.65. The summed E-state index contributed by atoms with van der Waals surface area (Å²) in [6.07, 6.45) is 2.27. The molecule has 0 radical (unpaired) electrons. The van der Waals surface area contributed by atoms with Crippen molar-refractivity contribution in [2.75, 3.05) is 6.61 Å². The average molecular weight is 326 g/mol. The van der Waals surface area contributed by atoms with Gasteiger partial charge in [0.05, 0.1) is 6.10 Å². The van der Waals surface area contributed by atoms with Crippen LogP contribution in [0.1, 0.15) is 51.7 Å².